The van der Waals surface area contributed by atoms with E-state index < -0.39 is 27.3 Å². The summed E-state index contributed by atoms with van der Waals surface area (Å²) in [6.45, 7) is 1.46. The van der Waals surface area contributed by atoms with Crippen molar-refractivity contribution in [3.63, 3.8) is 0 Å². The summed E-state index contributed by atoms with van der Waals surface area (Å²) >= 11 is 5.84. The lowest BCUT2D eigenvalue weighted by molar-refractivity contribution is -0.0151. The Balaban J connectivity index is 1.50. The summed E-state index contributed by atoms with van der Waals surface area (Å²) in [5.74, 6) is 0.359. The van der Waals surface area contributed by atoms with E-state index in [1.807, 2.05) is 0 Å². The number of nitrogens with one attached hydrogen (secondary N) is 3. The largest absolute Gasteiger partial charge is 0.481 e. The van der Waals surface area contributed by atoms with Gasteiger partial charge in [0.25, 0.3) is 5.91 Å². The van der Waals surface area contributed by atoms with E-state index in [4.69, 9.17) is 21.1 Å². The molecule has 0 aliphatic heterocycles. The maximum Gasteiger partial charge on any atom is 0.288 e. The SMILES string of the molecule is COc1cccc(C(=O)NN/C(=N/C23CC(C2)C3)NS(=O)(=O)C(C)C(OC)c2ncc(Cl)cn2)n1. The highest BCUT2D eigenvalue weighted by atomic mass is 35.5. The standard InChI is InChI=1S/C21H26ClN7O5S/c1-12(17(34-3)18-23-10-14(22)11-24-18)35(31,32)29-20(26-21-7-13(8-21)9-21)28-27-19(30)15-5-4-6-16(25-15)33-2/h4-6,10-13,17H,7-9H2,1-3H3,(H,27,30)(H2,26,28,29). The normalized spacial score (nSPS) is 22.7. The second-order valence-electron chi connectivity index (χ2n) is 8.58. The molecule has 3 fully saturated rings. The van der Waals surface area contributed by atoms with Crippen molar-refractivity contribution in [2.75, 3.05) is 14.2 Å². The lowest BCUT2D eigenvalue weighted by atomic mass is 9.50. The first-order valence-corrected chi connectivity index (χ1v) is 12.8. The predicted octanol–water partition coefficient (Wildman–Crippen LogP) is 1.37. The number of aromatic nitrogens is 3. The van der Waals surface area contributed by atoms with E-state index in [0.29, 0.717) is 10.9 Å². The second kappa shape index (κ2) is 9.91. The monoisotopic (exact) mass is 523 g/mol. The third-order valence-electron chi connectivity index (χ3n) is 6.12. The van der Waals surface area contributed by atoms with Crippen LogP contribution in [0.4, 0.5) is 0 Å². The second-order valence-corrected chi connectivity index (χ2v) is 11.0. The summed E-state index contributed by atoms with van der Waals surface area (Å²) in [6, 6.07) is 4.72. The number of carbonyl (C=O) groups excluding carboxylic acids is 1. The van der Waals surface area contributed by atoms with E-state index in [0.717, 1.165) is 19.3 Å². The van der Waals surface area contributed by atoms with Crippen LogP contribution in [0.15, 0.2) is 35.6 Å². The van der Waals surface area contributed by atoms with Crippen molar-refractivity contribution in [3.8, 4) is 5.88 Å². The van der Waals surface area contributed by atoms with Gasteiger partial charge in [-0.05, 0) is 38.2 Å². The first kappa shape index (κ1) is 25.1. The van der Waals surface area contributed by atoms with Crippen LogP contribution >= 0.6 is 11.6 Å². The molecule has 0 radical (unpaired) electrons. The molecule has 188 valence electrons. The minimum Gasteiger partial charge on any atom is -0.481 e. The zero-order chi connectivity index (χ0) is 25.2. The molecule has 0 saturated heterocycles. The van der Waals surface area contributed by atoms with Gasteiger partial charge in [-0.3, -0.25) is 20.4 Å². The van der Waals surface area contributed by atoms with E-state index in [9.17, 15) is 13.2 Å². The summed E-state index contributed by atoms with van der Waals surface area (Å²) in [5.41, 5.74) is 4.81. The van der Waals surface area contributed by atoms with Gasteiger partial charge >= 0.3 is 0 Å². The molecule has 3 aliphatic rings. The van der Waals surface area contributed by atoms with E-state index in [1.165, 1.54) is 39.6 Å². The van der Waals surface area contributed by atoms with Gasteiger partial charge in [-0.1, -0.05) is 17.7 Å². The van der Waals surface area contributed by atoms with Crippen molar-refractivity contribution in [3.05, 3.63) is 47.1 Å². The number of methoxy groups -OCH3 is 2. The Morgan fingerprint density at radius 2 is 1.89 bits per heavy atom. The average molecular weight is 524 g/mol. The van der Waals surface area contributed by atoms with E-state index in [-0.39, 0.29) is 28.9 Å². The van der Waals surface area contributed by atoms with Crippen LogP contribution in [0, 0.1) is 5.92 Å². The van der Waals surface area contributed by atoms with Crippen LogP contribution in [0.2, 0.25) is 5.02 Å². The molecule has 35 heavy (non-hydrogen) atoms. The molecule has 5 rings (SSSR count). The quantitative estimate of drug-likeness (QED) is 0.264. The summed E-state index contributed by atoms with van der Waals surface area (Å²) in [6.07, 6.45) is 4.38. The number of hydrogen-bond donors (Lipinski definition) is 3. The molecular formula is C21H26ClN7O5S. The fraction of sp³-hybridized carbons (Fsp3) is 0.476. The molecule has 14 heteroatoms. The molecule has 3 saturated carbocycles. The van der Waals surface area contributed by atoms with Gasteiger partial charge in [0.2, 0.25) is 21.9 Å². The Hall–Kier alpha value is -3.03. The van der Waals surface area contributed by atoms with Crippen molar-refractivity contribution in [1.29, 1.82) is 0 Å². The molecule has 3 N–H and O–H groups in total. The van der Waals surface area contributed by atoms with Gasteiger partial charge in [0, 0.05) is 25.6 Å². The highest BCUT2D eigenvalue weighted by Gasteiger charge is 2.57. The van der Waals surface area contributed by atoms with E-state index in [1.54, 1.807) is 12.1 Å². The molecule has 0 aromatic carbocycles. The lowest BCUT2D eigenvalue weighted by Gasteiger charge is -2.58. The topological polar surface area (TPSA) is 157 Å². The molecule has 12 nitrogen and oxygen atoms in total. The Labute approximate surface area is 207 Å². The number of amides is 1. The van der Waals surface area contributed by atoms with Crippen LogP contribution in [0.5, 0.6) is 5.88 Å². The fourth-order valence-electron chi connectivity index (χ4n) is 4.08. The fourth-order valence-corrected chi connectivity index (χ4v) is 5.29. The first-order valence-electron chi connectivity index (χ1n) is 10.8. The van der Waals surface area contributed by atoms with Gasteiger partial charge in [-0.2, -0.15) is 0 Å². The van der Waals surface area contributed by atoms with Crippen molar-refractivity contribution in [2.45, 2.75) is 43.1 Å². The summed E-state index contributed by atoms with van der Waals surface area (Å²) in [4.78, 5) is 29.4. The number of guanidine groups is 1. The average Bonchev–Trinajstić information content (AvgIpc) is 2.80. The molecule has 0 spiro atoms. The van der Waals surface area contributed by atoms with Crippen LogP contribution < -0.4 is 20.3 Å². The smallest absolute Gasteiger partial charge is 0.288 e. The number of sulfonamides is 1. The van der Waals surface area contributed by atoms with Crippen LogP contribution in [-0.4, -0.2) is 60.2 Å². The lowest BCUT2D eigenvalue weighted by Crippen LogP contribution is -2.60. The van der Waals surface area contributed by atoms with Crippen LogP contribution in [0.1, 0.15) is 48.6 Å². The van der Waals surface area contributed by atoms with Crippen LogP contribution in [0.3, 0.4) is 0 Å². The molecule has 2 unspecified atom stereocenters. The molecule has 2 aromatic rings. The third kappa shape index (κ3) is 5.46. The summed E-state index contributed by atoms with van der Waals surface area (Å²) in [7, 11) is -1.25. The molecule has 1 amide bonds. The van der Waals surface area contributed by atoms with E-state index in [2.05, 4.69) is 35.5 Å². The van der Waals surface area contributed by atoms with Crippen LogP contribution in [-0.2, 0) is 14.8 Å². The zero-order valence-electron chi connectivity index (χ0n) is 19.4. The molecule has 2 heterocycles. The number of pyridine rings is 1. The minimum absolute atomic E-state index is 0.0808. The van der Waals surface area contributed by atoms with Gasteiger partial charge in [0.15, 0.2) is 5.82 Å². The number of aliphatic imine (C=N–C) groups is 1. The number of ether oxygens (including phenoxy) is 2. The molecule has 2 atom stereocenters. The van der Waals surface area contributed by atoms with Gasteiger partial charge in [0.05, 0.1) is 17.7 Å². The zero-order valence-corrected chi connectivity index (χ0v) is 20.9. The van der Waals surface area contributed by atoms with Gasteiger partial charge in [0.1, 0.15) is 17.0 Å². The summed E-state index contributed by atoms with van der Waals surface area (Å²) in [5, 5.41) is -0.792. The van der Waals surface area contributed by atoms with Crippen molar-refractivity contribution in [2.24, 2.45) is 10.9 Å². The van der Waals surface area contributed by atoms with Gasteiger partial charge < -0.3 is 9.47 Å². The van der Waals surface area contributed by atoms with Crippen molar-refractivity contribution < 1.29 is 22.7 Å². The van der Waals surface area contributed by atoms with E-state index >= 15 is 0 Å². The highest BCUT2D eigenvalue weighted by Crippen LogP contribution is 2.59. The highest BCUT2D eigenvalue weighted by molar-refractivity contribution is 7.90. The minimum atomic E-state index is -4.06. The first-order chi connectivity index (χ1) is 16.6. The Bertz CT molecular complexity index is 1210. The number of hydrazine groups is 1. The Morgan fingerprint density at radius 3 is 2.46 bits per heavy atom. The van der Waals surface area contributed by atoms with Crippen LogP contribution in [0.25, 0.3) is 0 Å². The molecule has 2 aromatic heterocycles. The number of rotatable bonds is 8. The third-order valence-corrected chi connectivity index (χ3v) is 8.02. The number of carbonyl (C=O) groups is 1. The van der Waals surface area contributed by atoms with Gasteiger partial charge in [-0.25, -0.2) is 28.4 Å². The maximum absolute atomic E-state index is 13.2. The summed E-state index contributed by atoms with van der Waals surface area (Å²) < 4.78 is 39.4. The maximum atomic E-state index is 13.2. The predicted molar refractivity (Wildman–Crippen MR) is 127 cm³/mol. The van der Waals surface area contributed by atoms with Crippen molar-refractivity contribution in [1.82, 2.24) is 30.5 Å². The Morgan fingerprint density at radius 1 is 1.20 bits per heavy atom. The number of nitrogens with zero attached hydrogens (tertiary/aromatic N) is 4. The molecular weight excluding hydrogens is 498 g/mol. The van der Waals surface area contributed by atoms with Crippen molar-refractivity contribution >= 4 is 33.5 Å². The van der Waals surface area contributed by atoms with Gasteiger partial charge in [-0.15, -0.1) is 0 Å². The molecule has 2 bridgehead atoms. The number of hydrogen-bond acceptors (Lipinski definition) is 9. The number of halogens is 1. The molecule has 3 aliphatic carbocycles. The Kier molecular flexibility index (Phi) is 7.10.